The number of hydrogen-bond acceptors (Lipinski definition) is 7. The van der Waals surface area contributed by atoms with Crippen LogP contribution in [-0.4, -0.2) is 64.2 Å². The number of aliphatic hydroxyl groups is 2. The summed E-state index contributed by atoms with van der Waals surface area (Å²) in [7, 11) is 1.63. The Hall–Kier alpha value is -2.26. The molecule has 0 bridgehead atoms. The van der Waals surface area contributed by atoms with Gasteiger partial charge in [-0.05, 0) is 92.6 Å². The summed E-state index contributed by atoms with van der Waals surface area (Å²) in [6, 6.07) is 10.6. The Labute approximate surface area is 210 Å². The number of methoxy groups -OCH3 is 1. The summed E-state index contributed by atoms with van der Waals surface area (Å²) in [6.07, 6.45) is 6.22. The Morgan fingerprint density at radius 1 is 1.20 bits per heavy atom. The van der Waals surface area contributed by atoms with Crippen LogP contribution in [0.25, 0.3) is 10.9 Å². The summed E-state index contributed by atoms with van der Waals surface area (Å²) in [6.45, 7) is 2.92. The van der Waals surface area contributed by atoms with Crippen molar-refractivity contribution >= 4 is 22.7 Å². The number of thioether (sulfide) groups is 1. The number of benzene rings is 1. The number of aliphatic hydroxyl groups excluding tert-OH is 2. The zero-order valence-electron chi connectivity index (χ0n) is 20.1. The number of likely N-dealkylation sites (tertiary alicyclic amines) is 1. The monoisotopic (exact) mass is 499 g/mol. The highest BCUT2D eigenvalue weighted by Gasteiger charge is 2.29. The van der Waals surface area contributed by atoms with Crippen molar-refractivity contribution in [1.29, 1.82) is 0 Å². The average Bonchev–Trinajstić information content (AvgIpc) is 2.90. The zero-order chi connectivity index (χ0) is 24.6. The molecule has 4 rings (SSSR count). The van der Waals surface area contributed by atoms with E-state index in [-0.39, 0.29) is 18.3 Å². The molecule has 0 unspecified atom stereocenters. The first-order valence-electron chi connectivity index (χ1n) is 12.3. The zero-order valence-corrected chi connectivity index (χ0v) is 21.0. The van der Waals surface area contributed by atoms with Gasteiger partial charge in [-0.25, -0.2) is 9.37 Å². The van der Waals surface area contributed by atoms with Gasteiger partial charge in [0.2, 0.25) is 0 Å². The number of rotatable bonds is 11. The largest absolute Gasteiger partial charge is 0.497 e. The quantitative estimate of drug-likeness (QED) is 0.292. The van der Waals surface area contributed by atoms with Crippen LogP contribution in [0.5, 0.6) is 5.75 Å². The molecule has 188 valence electrons. The van der Waals surface area contributed by atoms with Crippen LogP contribution in [0.3, 0.4) is 0 Å². The van der Waals surface area contributed by atoms with Gasteiger partial charge >= 0.3 is 0 Å². The summed E-state index contributed by atoms with van der Waals surface area (Å²) in [4.78, 5) is 10.9. The number of piperidine rings is 1. The van der Waals surface area contributed by atoms with E-state index in [0.29, 0.717) is 17.4 Å². The minimum atomic E-state index is -0.589. The second-order valence-electron chi connectivity index (χ2n) is 9.16. The first-order valence-corrected chi connectivity index (χ1v) is 13.2. The predicted octanol–water partition coefficient (Wildman–Crippen LogP) is 4.70. The number of nitrogens with zero attached hydrogens (tertiary/aromatic N) is 3. The third-order valence-corrected chi connectivity index (χ3v) is 8.01. The molecule has 1 saturated heterocycles. The van der Waals surface area contributed by atoms with Gasteiger partial charge in [0, 0.05) is 36.7 Å². The molecule has 3 heterocycles. The van der Waals surface area contributed by atoms with Gasteiger partial charge in [-0.1, -0.05) is 0 Å². The van der Waals surface area contributed by atoms with E-state index in [0.717, 1.165) is 66.9 Å². The molecule has 8 heteroatoms. The third kappa shape index (κ3) is 6.70. The van der Waals surface area contributed by atoms with Crippen LogP contribution in [0.15, 0.2) is 53.8 Å². The van der Waals surface area contributed by atoms with E-state index in [1.165, 1.54) is 17.8 Å². The molecular formula is C27H34FN3O3S. The van der Waals surface area contributed by atoms with E-state index in [2.05, 4.69) is 14.9 Å². The Kier molecular flexibility index (Phi) is 9.31. The maximum Gasteiger partial charge on any atom is 0.155 e. The van der Waals surface area contributed by atoms with Gasteiger partial charge in [-0.15, -0.1) is 11.8 Å². The van der Waals surface area contributed by atoms with E-state index in [4.69, 9.17) is 4.74 Å². The van der Waals surface area contributed by atoms with Crippen LogP contribution < -0.4 is 4.74 Å². The third-order valence-electron chi connectivity index (χ3n) is 6.94. The van der Waals surface area contributed by atoms with Crippen LogP contribution in [-0.2, 0) is 0 Å². The number of ether oxygens (including phenoxy) is 1. The molecule has 35 heavy (non-hydrogen) atoms. The summed E-state index contributed by atoms with van der Waals surface area (Å²) in [5.74, 6) is 1.88. The van der Waals surface area contributed by atoms with Crippen molar-refractivity contribution in [3.8, 4) is 5.75 Å². The smallest absolute Gasteiger partial charge is 0.155 e. The maximum atomic E-state index is 13.7. The number of fused-ring (bicyclic) bond motifs is 1. The van der Waals surface area contributed by atoms with Gasteiger partial charge in [0.1, 0.15) is 10.8 Å². The van der Waals surface area contributed by atoms with Gasteiger partial charge in [-0.3, -0.25) is 4.98 Å². The molecule has 3 aromatic rings. The summed E-state index contributed by atoms with van der Waals surface area (Å²) in [5.41, 5.74) is 1.71. The SMILES string of the molecule is COc1ccc2nccc([C@H](O)CC[C@@H]3CCN(CCCSc4ncccc4F)C[C@@H]3CO)c2c1. The lowest BCUT2D eigenvalue weighted by molar-refractivity contribution is 0.0581. The Bertz CT molecular complexity index is 1100. The molecule has 0 amide bonds. The van der Waals surface area contributed by atoms with Crippen molar-refractivity contribution in [3.05, 3.63) is 60.2 Å². The van der Waals surface area contributed by atoms with Gasteiger partial charge in [-0.2, -0.15) is 0 Å². The number of aromatic nitrogens is 2. The van der Waals surface area contributed by atoms with Crippen molar-refractivity contribution in [2.24, 2.45) is 11.8 Å². The number of hydrogen-bond donors (Lipinski definition) is 2. The first-order chi connectivity index (χ1) is 17.1. The molecule has 1 aliphatic rings. The van der Waals surface area contributed by atoms with Crippen LogP contribution in [0, 0.1) is 17.7 Å². The van der Waals surface area contributed by atoms with Crippen molar-refractivity contribution in [2.75, 3.05) is 39.1 Å². The summed E-state index contributed by atoms with van der Waals surface area (Å²) < 4.78 is 19.1. The molecule has 1 aliphatic heterocycles. The first kappa shape index (κ1) is 25.8. The summed E-state index contributed by atoms with van der Waals surface area (Å²) in [5, 5.41) is 22.4. The molecule has 1 fully saturated rings. The topological polar surface area (TPSA) is 78.7 Å². The van der Waals surface area contributed by atoms with E-state index in [1.54, 1.807) is 25.6 Å². The van der Waals surface area contributed by atoms with Crippen LogP contribution in [0.4, 0.5) is 4.39 Å². The lowest BCUT2D eigenvalue weighted by Gasteiger charge is -2.38. The second kappa shape index (κ2) is 12.6. The molecule has 1 aromatic carbocycles. The fraction of sp³-hybridized carbons (Fsp3) is 0.481. The molecule has 3 atom stereocenters. The lowest BCUT2D eigenvalue weighted by atomic mass is 9.81. The van der Waals surface area contributed by atoms with E-state index in [1.807, 2.05) is 24.3 Å². The summed E-state index contributed by atoms with van der Waals surface area (Å²) >= 11 is 1.45. The van der Waals surface area contributed by atoms with E-state index < -0.39 is 6.10 Å². The second-order valence-corrected chi connectivity index (χ2v) is 10.2. The molecular weight excluding hydrogens is 465 g/mol. The lowest BCUT2D eigenvalue weighted by Crippen LogP contribution is -2.42. The molecule has 0 aliphatic carbocycles. The van der Waals surface area contributed by atoms with Crippen molar-refractivity contribution in [3.63, 3.8) is 0 Å². The van der Waals surface area contributed by atoms with Gasteiger partial charge in [0.25, 0.3) is 0 Å². The van der Waals surface area contributed by atoms with E-state index in [9.17, 15) is 14.6 Å². The molecule has 0 saturated carbocycles. The number of halogens is 1. The van der Waals surface area contributed by atoms with Crippen molar-refractivity contribution in [2.45, 2.75) is 36.8 Å². The average molecular weight is 500 g/mol. The molecule has 6 nitrogen and oxygen atoms in total. The molecule has 2 N–H and O–H groups in total. The Balaban J connectivity index is 1.26. The molecule has 2 aromatic heterocycles. The Morgan fingerprint density at radius 2 is 2.09 bits per heavy atom. The van der Waals surface area contributed by atoms with Gasteiger partial charge in [0.05, 0.1) is 18.7 Å². The standard InChI is InChI=1S/C27H34FN3O3S/c1-34-21-6-7-25-23(16-21)22(9-12-29-25)26(33)8-5-19-10-14-31(17-20(19)18-32)13-3-15-35-27-24(28)4-2-11-30-27/h2,4,6-7,9,11-12,16,19-20,26,32-33H,3,5,8,10,13-15,17-18H2,1H3/t19-,20-,26-/m1/s1. The highest BCUT2D eigenvalue weighted by atomic mass is 32.2. The van der Waals surface area contributed by atoms with Crippen LogP contribution in [0.1, 0.15) is 37.4 Å². The normalized spacial score (nSPS) is 19.7. The molecule has 0 radical (unpaired) electrons. The van der Waals surface area contributed by atoms with Gasteiger partial charge < -0.3 is 19.8 Å². The van der Waals surface area contributed by atoms with Crippen LogP contribution >= 0.6 is 11.8 Å². The maximum absolute atomic E-state index is 13.7. The van der Waals surface area contributed by atoms with Crippen molar-refractivity contribution in [1.82, 2.24) is 14.9 Å². The Morgan fingerprint density at radius 3 is 2.89 bits per heavy atom. The fourth-order valence-corrected chi connectivity index (χ4v) is 5.78. The highest BCUT2D eigenvalue weighted by Crippen LogP contribution is 2.33. The molecule has 0 spiro atoms. The minimum Gasteiger partial charge on any atom is -0.497 e. The fourth-order valence-electron chi connectivity index (χ4n) is 4.97. The van der Waals surface area contributed by atoms with Gasteiger partial charge in [0.15, 0.2) is 5.82 Å². The van der Waals surface area contributed by atoms with Crippen molar-refractivity contribution < 1.29 is 19.3 Å². The number of pyridine rings is 2. The van der Waals surface area contributed by atoms with Crippen LogP contribution in [0.2, 0.25) is 0 Å². The highest BCUT2D eigenvalue weighted by molar-refractivity contribution is 7.99. The minimum absolute atomic E-state index is 0.153. The van der Waals surface area contributed by atoms with E-state index >= 15 is 0 Å². The predicted molar refractivity (Wildman–Crippen MR) is 137 cm³/mol.